The molecule has 8 nitrogen and oxygen atoms in total. The van der Waals surface area contributed by atoms with E-state index in [0.717, 1.165) is 32.9 Å². The van der Waals surface area contributed by atoms with Crippen LogP contribution in [0.3, 0.4) is 0 Å². The molecule has 0 atom stereocenters. The number of nitrogens with two attached hydrogens (primary N) is 1. The molecule has 1 amide bonds. The van der Waals surface area contributed by atoms with Gasteiger partial charge in [0.1, 0.15) is 11.5 Å². The molecule has 0 fully saturated rings. The molecule has 0 aliphatic carbocycles. The molecule has 1 aromatic carbocycles. The summed E-state index contributed by atoms with van der Waals surface area (Å²) in [5, 5.41) is 16.7. The number of rotatable bonds is 6. The van der Waals surface area contributed by atoms with E-state index in [1.807, 2.05) is 31.2 Å². The zero-order valence-electron chi connectivity index (χ0n) is 15.2. The van der Waals surface area contributed by atoms with Gasteiger partial charge in [-0.3, -0.25) is 9.89 Å². The second-order valence-corrected chi connectivity index (χ2v) is 7.29. The number of hydrogen-bond acceptors (Lipinski definition) is 7. The Balaban J connectivity index is 1.45. The normalized spacial score (nSPS) is 10.9. The van der Waals surface area contributed by atoms with E-state index >= 15 is 0 Å². The zero-order chi connectivity index (χ0) is 19.5. The number of nitrogens with zero attached hydrogens (tertiary/aromatic N) is 3. The summed E-state index contributed by atoms with van der Waals surface area (Å²) < 4.78 is 0. The van der Waals surface area contributed by atoms with Crippen LogP contribution in [0.1, 0.15) is 15.5 Å². The van der Waals surface area contributed by atoms with Crippen LogP contribution in [-0.4, -0.2) is 39.2 Å². The first kappa shape index (κ1) is 17.9. The van der Waals surface area contributed by atoms with Gasteiger partial charge in [-0.25, -0.2) is 9.97 Å². The number of carbonyl (C=O) groups excluding carboxylic acids is 1. The second kappa shape index (κ2) is 7.65. The molecule has 3 aromatic heterocycles. The first-order chi connectivity index (χ1) is 13.6. The smallest absolute Gasteiger partial charge is 0.270 e. The number of aromatic nitrogens is 4. The molecule has 9 heteroatoms. The molecule has 4 aromatic rings. The van der Waals surface area contributed by atoms with Crippen molar-refractivity contribution in [1.82, 2.24) is 25.5 Å². The van der Waals surface area contributed by atoms with Crippen molar-refractivity contribution in [3.63, 3.8) is 0 Å². The lowest BCUT2D eigenvalue weighted by atomic mass is 10.1. The summed E-state index contributed by atoms with van der Waals surface area (Å²) in [4.78, 5) is 20.7. The lowest BCUT2D eigenvalue weighted by Crippen LogP contribution is -2.29. The van der Waals surface area contributed by atoms with Gasteiger partial charge in [0.2, 0.25) is 0 Å². The van der Waals surface area contributed by atoms with Crippen molar-refractivity contribution in [2.24, 2.45) is 0 Å². The molecule has 0 aliphatic heterocycles. The highest BCUT2D eigenvalue weighted by Crippen LogP contribution is 2.28. The van der Waals surface area contributed by atoms with E-state index in [1.165, 1.54) is 11.3 Å². The summed E-state index contributed by atoms with van der Waals surface area (Å²) in [6.45, 7) is 2.89. The quantitative estimate of drug-likeness (QED) is 0.374. The average Bonchev–Trinajstić information content (AvgIpc) is 3.36. The maximum absolute atomic E-state index is 12.1. The van der Waals surface area contributed by atoms with Crippen LogP contribution >= 0.6 is 11.3 Å². The van der Waals surface area contributed by atoms with Crippen LogP contribution in [0.4, 0.5) is 11.5 Å². The Morgan fingerprint density at radius 3 is 2.86 bits per heavy atom. The molecule has 0 unspecified atom stereocenters. The largest absolute Gasteiger partial charge is 0.384 e. The fraction of sp³-hybridized carbons (Fsp3) is 0.158. The molecule has 0 aliphatic rings. The number of aromatic amines is 1. The molecular formula is C19H19N7OS. The van der Waals surface area contributed by atoms with E-state index in [2.05, 4.69) is 30.8 Å². The summed E-state index contributed by atoms with van der Waals surface area (Å²) in [5.41, 5.74) is 9.99. The van der Waals surface area contributed by atoms with Crippen LogP contribution in [0, 0.1) is 6.92 Å². The zero-order valence-corrected chi connectivity index (χ0v) is 16.0. The molecular weight excluding hydrogens is 374 g/mol. The van der Waals surface area contributed by atoms with E-state index in [0.29, 0.717) is 24.6 Å². The molecule has 0 bridgehead atoms. The van der Waals surface area contributed by atoms with E-state index in [4.69, 9.17) is 5.73 Å². The maximum Gasteiger partial charge on any atom is 0.270 e. The minimum Gasteiger partial charge on any atom is -0.384 e. The first-order valence-electron chi connectivity index (χ1n) is 8.74. The molecule has 0 saturated carbocycles. The van der Waals surface area contributed by atoms with Crippen LogP contribution in [-0.2, 0) is 0 Å². The van der Waals surface area contributed by atoms with Crippen molar-refractivity contribution in [3.8, 4) is 11.3 Å². The van der Waals surface area contributed by atoms with Crippen LogP contribution in [0.25, 0.3) is 22.2 Å². The van der Waals surface area contributed by atoms with E-state index in [-0.39, 0.29) is 5.91 Å². The summed E-state index contributed by atoms with van der Waals surface area (Å²) in [7, 11) is 0. The molecule has 0 radical (unpaired) electrons. The third-order valence-corrected chi connectivity index (χ3v) is 4.99. The number of carbonyl (C=O) groups is 1. The summed E-state index contributed by atoms with van der Waals surface area (Å²) >= 11 is 1.46. The number of amides is 1. The monoisotopic (exact) mass is 393 g/mol. The van der Waals surface area contributed by atoms with Crippen molar-refractivity contribution in [1.29, 1.82) is 0 Å². The fourth-order valence-corrected chi connectivity index (χ4v) is 3.50. The summed E-state index contributed by atoms with van der Waals surface area (Å²) in [5.74, 6) is 0.258. The Labute approximate surface area is 165 Å². The molecule has 3 heterocycles. The van der Waals surface area contributed by atoms with Crippen molar-refractivity contribution >= 4 is 39.7 Å². The summed E-state index contributed by atoms with van der Waals surface area (Å²) in [6.07, 6.45) is 1.71. The first-order valence-corrected chi connectivity index (χ1v) is 9.62. The highest BCUT2D eigenvalue weighted by Gasteiger charge is 2.09. The minimum atomic E-state index is -0.172. The van der Waals surface area contributed by atoms with Gasteiger partial charge in [-0.2, -0.15) is 5.10 Å². The number of benzene rings is 1. The van der Waals surface area contributed by atoms with Crippen LogP contribution in [0.2, 0.25) is 0 Å². The SMILES string of the molecule is Cc1nc(C(=O)NCCNc2cc(N)nc3cc(-c4ccn[nH]4)ccc23)cs1. The Morgan fingerprint density at radius 1 is 1.21 bits per heavy atom. The minimum absolute atomic E-state index is 0.172. The van der Waals surface area contributed by atoms with Gasteiger partial charge in [0, 0.05) is 47.4 Å². The predicted octanol–water partition coefficient (Wildman–Crippen LogP) is 2.81. The topological polar surface area (TPSA) is 122 Å². The number of nitrogens with one attached hydrogen (secondary N) is 3. The van der Waals surface area contributed by atoms with Crippen molar-refractivity contribution in [2.75, 3.05) is 24.1 Å². The van der Waals surface area contributed by atoms with Gasteiger partial charge in [-0.15, -0.1) is 11.3 Å². The Morgan fingerprint density at radius 2 is 2.11 bits per heavy atom. The Bertz CT molecular complexity index is 1120. The molecule has 5 N–H and O–H groups in total. The predicted molar refractivity (Wildman–Crippen MR) is 111 cm³/mol. The molecule has 4 rings (SSSR count). The van der Waals surface area contributed by atoms with Crippen molar-refractivity contribution < 1.29 is 4.79 Å². The number of aryl methyl sites for hydroxylation is 1. The number of pyridine rings is 1. The highest BCUT2D eigenvalue weighted by molar-refractivity contribution is 7.09. The highest BCUT2D eigenvalue weighted by atomic mass is 32.1. The van der Waals surface area contributed by atoms with Gasteiger partial charge in [-0.05, 0) is 19.1 Å². The van der Waals surface area contributed by atoms with E-state index < -0.39 is 0 Å². The number of hydrogen-bond donors (Lipinski definition) is 4. The van der Waals surface area contributed by atoms with Crippen molar-refractivity contribution in [3.05, 3.63) is 52.6 Å². The molecule has 142 valence electrons. The van der Waals surface area contributed by atoms with E-state index in [1.54, 1.807) is 17.6 Å². The van der Waals surface area contributed by atoms with Crippen LogP contribution in [0.5, 0.6) is 0 Å². The molecule has 0 saturated heterocycles. The standard InChI is InChI=1S/C19H19N7OS/c1-11-24-17(10-28-11)19(27)22-7-6-21-15-9-18(20)25-16-8-12(2-3-13(15)16)14-4-5-23-26-14/h2-5,8-10H,6-7H2,1H3,(H,22,27)(H,23,26)(H3,20,21,25). The molecule has 28 heavy (non-hydrogen) atoms. The van der Waals surface area contributed by atoms with Crippen LogP contribution < -0.4 is 16.4 Å². The van der Waals surface area contributed by atoms with Crippen LogP contribution in [0.15, 0.2) is 41.9 Å². The Kier molecular flexibility index (Phi) is 4.90. The van der Waals surface area contributed by atoms with Gasteiger partial charge < -0.3 is 16.4 Å². The second-order valence-electron chi connectivity index (χ2n) is 6.23. The summed E-state index contributed by atoms with van der Waals surface area (Å²) in [6, 6.07) is 9.67. The Hall–Kier alpha value is -3.46. The van der Waals surface area contributed by atoms with Crippen molar-refractivity contribution in [2.45, 2.75) is 6.92 Å². The fourth-order valence-electron chi connectivity index (χ4n) is 2.91. The van der Waals surface area contributed by atoms with E-state index in [9.17, 15) is 4.79 Å². The number of H-pyrrole nitrogens is 1. The number of anilines is 2. The van der Waals surface area contributed by atoms with Gasteiger partial charge in [0.15, 0.2) is 0 Å². The number of thiazole rings is 1. The van der Waals surface area contributed by atoms with Gasteiger partial charge in [-0.1, -0.05) is 12.1 Å². The number of nitrogen functional groups attached to an aromatic ring is 1. The number of fused-ring (bicyclic) bond motifs is 1. The van der Waals surface area contributed by atoms with Gasteiger partial charge in [0.25, 0.3) is 5.91 Å². The third-order valence-electron chi connectivity index (χ3n) is 4.22. The lowest BCUT2D eigenvalue weighted by molar-refractivity contribution is 0.0951. The van der Waals surface area contributed by atoms with Gasteiger partial charge in [0.05, 0.1) is 16.2 Å². The maximum atomic E-state index is 12.1. The van der Waals surface area contributed by atoms with Gasteiger partial charge >= 0.3 is 0 Å². The average molecular weight is 393 g/mol. The lowest BCUT2D eigenvalue weighted by Gasteiger charge is -2.12. The molecule has 0 spiro atoms. The third kappa shape index (κ3) is 3.79.